The molecule has 3 N–H and O–H groups in total. The van der Waals surface area contributed by atoms with E-state index in [1.54, 1.807) is 21.0 Å². The number of nitrogens with zero attached hydrogens (tertiary/aromatic N) is 1. The molecule has 2 aliphatic rings. The first kappa shape index (κ1) is 40.7. The fourth-order valence-corrected chi connectivity index (χ4v) is 6.90. The van der Waals surface area contributed by atoms with Crippen LogP contribution in [0.4, 0.5) is 0 Å². The van der Waals surface area contributed by atoms with Gasteiger partial charge in [0.2, 0.25) is 5.79 Å². The molecule has 47 heavy (non-hydrogen) atoms. The number of carbonyl (C=O) groups excluding carboxylic acids is 4. The minimum Gasteiger partial charge on any atom is -0.456 e. The van der Waals surface area contributed by atoms with Gasteiger partial charge in [-0.1, -0.05) is 45.9 Å². The predicted octanol–water partition coefficient (Wildman–Crippen LogP) is 3.91. The zero-order chi connectivity index (χ0) is 35.6. The number of cyclic esters (lactones) is 1. The molecule has 0 radical (unpaired) electrons. The number of aliphatic hydroxyl groups excluding tert-OH is 1. The Labute approximate surface area is 280 Å². The normalized spacial score (nSPS) is 35.8. The Morgan fingerprint density at radius 1 is 1.02 bits per heavy atom. The van der Waals surface area contributed by atoms with Gasteiger partial charge in [0, 0.05) is 44.9 Å². The molecule has 0 aliphatic carbocycles. The molecule has 0 aromatic rings. The van der Waals surface area contributed by atoms with Crippen LogP contribution >= 0.6 is 0 Å². The van der Waals surface area contributed by atoms with Crippen molar-refractivity contribution in [3.63, 3.8) is 0 Å². The van der Waals surface area contributed by atoms with Crippen molar-refractivity contribution >= 4 is 23.4 Å². The number of ketones is 2. The van der Waals surface area contributed by atoms with Crippen LogP contribution in [0.15, 0.2) is 23.8 Å². The Kier molecular flexibility index (Phi) is 15.9. The average Bonchev–Trinajstić information content (AvgIpc) is 3.03. The number of methoxy groups -OCH3 is 2. The Morgan fingerprint density at radius 3 is 2.21 bits per heavy atom. The SMILES string of the molecule is C=C(C)[C@H]1OC(=O)[C@@H]2CCCCN2C(=O)C(=O)C(O)(O)[C@H](C)C[C@H](OC)C[C@@H](OC)C[C@@H](C)C/C(C)=C/[C@@H](CC)C(=O)C[C@H](O)[C@H]1C. The van der Waals surface area contributed by atoms with Crippen LogP contribution in [0.1, 0.15) is 99.3 Å². The van der Waals surface area contributed by atoms with Crippen molar-refractivity contribution in [1.82, 2.24) is 4.90 Å². The molecule has 1 amide bonds. The highest BCUT2D eigenvalue weighted by Gasteiger charge is 2.48. The highest BCUT2D eigenvalue weighted by molar-refractivity contribution is 6.39. The smallest absolute Gasteiger partial charge is 0.329 e. The van der Waals surface area contributed by atoms with Gasteiger partial charge in [-0.2, -0.15) is 0 Å². The zero-order valence-electron chi connectivity index (χ0n) is 29.7. The van der Waals surface area contributed by atoms with Crippen molar-refractivity contribution in [3.8, 4) is 0 Å². The summed E-state index contributed by atoms with van der Waals surface area (Å²) in [6.07, 6.45) is 2.74. The van der Waals surface area contributed by atoms with Gasteiger partial charge in [-0.05, 0) is 76.7 Å². The van der Waals surface area contributed by atoms with Gasteiger partial charge >= 0.3 is 5.97 Å². The Bertz CT molecular complexity index is 1130. The fraction of sp³-hybridized carbons (Fsp3) is 0.778. The van der Waals surface area contributed by atoms with E-state index in [1.807, 2.05) is 19.9 Å². The summed E-state index contributed by atoms with van der Waals surface area (Å²) in [7, 11) is 3.10. The number of rotatable bonds is 4. The van der Waals surface area contributed by atoms with Crippen LogP contribution in [0.3, 0.4) is 0 Å². The number of allylic oxidation sites excluding steroid dienone is 2. The number of carbonyl (C=O) groups is 4. The third kappa shape index (κ3) is 11.0. The maximum absolute atomic E-state index is 13.6. The summed E-state index contributed by atoms with van der Waals surface area (Å²) >= 11 is 0. The van der Waals surface area contributed by atoms with Gasteiger partial charge in [0.15, 0.2) is 0 Å². The van der Waals surface area contributed by atoms with Gasteiger partial charge in [0.05, 0.1) is 18.3 Å². The largest absolute Gasteiger partial charge is 0.456 e. The first-order valence-electron chi connectivity index (χ1n) is 17.1. The minimum absolute atomic E-state index is 0.0545. The molecular formula is C36H59NO10. The van der Waals surface area contributed by atoms with Crippen LogP contribution in [0, 0.1) is 23.7 Å². The molecule has 11 heteroatoms. The van der Waals surface area contributed by atoms with Crippen molar-refractivity contribution in [2.75, 3.05) is 20.8 Å². The summed E-state index contributed by atoms with van der Waals surface area (Å²) in [4.78, 5) is 54.8. The highest BCUT2D eigenvalue weighted by Crippen LogP contribution is 2.30. The first-order chi connectivity index (χ1) is 22.0. The van der Waals surface area contributed by atoms with Crippen molar-refractivity contribution in [2.24, 2.45) is 23.7 Å². The van der Waals surface area contributed by atoms with E-state index in [4.69, 9.17) is 14.2 Å². The third-order valence-corrected chi connectivity index (χ3v) is 9.96. The van der Waals surface area contributed by atoms with Gasteiger partial charge in [-0.15, -0.1) is 0 Å². The van der Waals surface area contributed by atoms with Crippen molar-refractivity contribution < 1.29 is 48.7 Å². The predicted molar refractivity (Wildman–Crippen MR) is 177 cm³/mol. The maximum Gasteiger partial charge on any atom is 0.329 e. The lowest BCUT2D eigenvalue weighted by Crippen LogP contribution is -2.58. The first-order valence-corrected chi connectivity index (χ1v) is 17.1. The van der Waals surface area contributed by atoms with Gasteiger partial charge < -0.3 is 34.4 Å². The summed E-state index contributed by atoms with van der Waals surface area (Å²) in [6, 6.07) is -1.14. The second-order valence-corrected chi connectivity index (χ2v) is 14.0. The summed E-state index contributed by atoms with van der Waals surface area (Å²) in [6.45, 7) is 14.8. The minimum atomic E-state index is -3.01. The van der Waals surface area contributed by atoms with Crippen LogP contribution in [-0.4, -0.2) is 101 Å². The van der Waals surface area contributed by atoms with Crippen LogP contribution in [0.2, 0.25) is 0 Å². The molecule has 0 unspecified atom stereocenters. The third-order valence-electron chi connectivity index (χ3n) is 9.96. The zero-order valence-corrected chi connectivity index (χ0v) is 29.7. The van der Waals surface area contributed by atoms with Gasteiger partial charge in [-0.25, -0.2) is 4.79 Å². The monoisotopic (exact) mass is 665 g/mol. The fourth-order valence-electron chi connectivity index (χ4n) is 6.90. The summed E-state index contributed by atoms with van der Waals surface area (Å²) in [5, 5.41) is 33.2. The molecule has 1 saturated heterocycles. The molecule has 2 rings (SSSR count). The highest BCUT2D eigenvalue weighted by atomic mass is 16.5. The lowest BCUT2D eigenvalue weighted by molar-refractivity contribution is -0.208. The number of piperidine rings is 1. The molecule has 0 spiro atoms. The van der Waals surface area contributed by atoms with E-state index < -0.39 is 59.6 Å². The standard InChI is InChI=1S/C36H59NO10/c1-10-26-16-22(4)15-23(5)17-27(45-8)19-28(46-9)18-24(6)36(43,44)33(40)34(41)37-14-12-11-13-29(37)35(42)47-32(21(2)3)25(7)30(38)20-31(26)39/h16,23-30,32,38,43-44H,2,10-15,17-20H2,1,3-9H3/b22-16+/t23-,24+,25+,26+,27-,28-,29-,30-,32+/m0/s1. The quantitative estimate of drug-likeness (QED) is 0.174. The van der Waals surface area contributed by atoms with E-state index in [0.717, 1.165) is 16.9 Å². The molecule has 0 saturated carbocycles. The maximum atomic E-state index is 13.6. The molecule has 0 bridgehead atoms. The Morgan fingerprint density at radius 2 is 1.64 bits per heavy atom. The molecule has 2 aliphatic heterocycles. The Balaban J connectivity index is 2.51. The van der Waals surface area contributed by atoms with Crippen molar-refractivity contribution in [1.29, 1.82) is 0 Å². The lowest BCUT2D eigenvalue weighted by atomic mass is 9.85. The molecule has 1 fully saturated rings. The molecule has 0 aromatic carbocycles. The van der Waals surface area contributed by atoms with E-state index in [-0.39, 0.29) is 49.5 Å². The average molecular weight is 666 g/mol. The van der Waals surface area contributed by atoms with Crippen molar-refractivity contribution in [3.05, 3.63) is 23.8 Å². The molecule has 11 nitrogen and oxygen atoms in total. The van der Waals surface area contributed by atoms with E-state index >= 15 is 0 Å². The number of amides is 1. The van der Waals surface area contributed by atoms with Crippen LogP contribution < -0.4 is 0 Å². The molecular weight excluding hydrogens is 606 g/mol. The van der Waals surface area contributed by atoms with E-state index in [0.29, 0.717) is 37.7 Å². The van der Waals surface area contributed by atoms with E-state index in [1.165, 1.54) is 14.0 Å². The number of hydrogen-bond acceptors (Lipinski definition) is 10. The number of esters is 1. The van der Waals surface area contributed by atoms with Gasteiger partial charge in [0.25, 0.3) is 11.7 Å². The molecule has 9 atom stereocenters. The summed E-state index contributed by atoms with van der Waals surface area (Å²) in [5.41, 5.74) is 1.50. The van der Waals surface area contributed by atoms with Crippen LogP contribution in [0.25, 0.3) is 0 Å². The number of hydrogen-bond donors (Lipinski definition) is 3. The second-order valence-electron chi connectivity index (χ2n) is 14.0. The van der Waals surface area contributed by atoms with Gasteiger partial charge in [-0.3, -0.25) is 14.4 Å². The number of fused-ring (bicyclic) bond motifs is 1. The van der Waals surface area contributed by atoms with Crippen molar-refractivity contribution in [2.45, 2.75) is 136 Å². The molecule has 2 heterocycles. The molecule has 268 valence electrons. The van der Waals surface area contributed by atoms with Crippen LogP contribution in [-0.2, 0) is 33.4 Å². The van der Waals surface area contributed by atoms with Crippen LogP contribution in [0.5, 0.6) is 0 Å². The molecule has 0 aromatic heterocycles. The second kappa shape index (κ2) is 18.4. The summed E-state index contributed by atoms with van der Waals surface area (Å²) in [5.74, 6) is -8.50. The van der Waals surface area contributed by atoms with Gasteiger partial charge in [0.1, 0.15) is 17.9 Å². The van der Waals surface area contributed by atoms with E-state index in [9.17, 15) is 34.5 Å². The number of aliphatic hydroxyl groups is 3. The lowest BCUT2D eigenvalue weighted by Gasteiger charge is -2.37. The topological polar surface area (TPSA) is 160 Å². The Hall–Kier alpha value is -2.44. The summed E-state index contributed by atoms with van der Waals surface area (Å²) < 4.78 is 17.2. The number of ether oxygens (including phenoxy) is 3. The van der Waals surface area contributed by atoms with E-state index in [2.05, 4.69) is 13.5 Å². The number of Topliss-reactive ketones (excluding diaryl/α,β-unsaturated/α-hetero) is 2.